The number of piperidine rings is 1. The van der Waals surface area contributed by atoms with Gasteiger partial charge in [-0.25, -0.2) is 0 Å². The van der Waals surface area contributed by atoms with E-state index in [1.165, 1.54) is 6.42 Å². The predicted octanol–water partition coefficient (Wildman–Crippen LogP) is 4.54. The van der Waals surface area contributed by atoms with Gasteiger partial charge >= 0.3 is 0 Å². The number of carbonyl (C=O) groups is 1. The zero-order valence-corrected chi connectivity index (χ0v) is 12.8. The van der Waals surface area contributed by atoms with Gasteiger partial charge in [-0.3, -0.25) is 4.79 Å². The van der Waals surface area contributed by atoms with E-state index in [9.17, 15) is 4.79 Å². The van der Waals surface area contributed by atoms with Crippen molar-refractivity contribution in [3.05, 3.63) is 72.4 Å². The van der Waals surface area contributed by atoms with Crippen molar-refractivity contribution in [1.29, 1.82) is 0 Å². The summed E-state index contributed by atoms with van der Waals surface area (Å²) in [6.07, 6.45) is 3.55. The molecule has 0 spiro atoms. The SMILES string of the molecule is C=C(C(=O)c1cccc(-c2ccccc2)c1)N1CCCCC1. The van der Waals surface area contributed by atoms with Crippen LogP contribution in [0.25, 0.3) is 11.1 Å². The summed E-state index contributed by atoms with van der Waals surface area (Å²) in [6.45, 7) is 5.93. The molecule has 0 N–H and O–H groups in total. The van der Waals surface area contributed by atoms with Crippen LogP contribution < -0.4 is 0 Å². The van der Waals surface area contributed by atoms with Gasteiger partial charge in [0.1, 0.15) is 0 Å². The Morgan fingerprint density at radius 2 is 1.55 bits per heavy atom. The standard InChI is InChI=1S/C20H21NO/c1-16(21-13-6-3-7-14-21)20(22)19-12-8-11-18(15-19)17-9-4-2-5-10-17/h2,4-5,8-12,15H,1,3,6-7,13-14H2. The van der Waals surface area contributed by atoms with E-state index in [0.29, 0.717) is 5.70 Å². The molecule has 2 heteroatoms. The molecule has 2 aromatic rings. The Balaban J connectivity index is 1.82. The van der Waals surface area contributed by atoms with Gasteiger partial charge in [0.15, 0.2) is 0 Å². The molecule has 1 fully saturated rings. The topological polar surface area (TPSA) is 20.3 Å². The maximum Gasteiger partial charge on any atom is 0.208 e. The molecule has 1 aliphatic heterocycles. The number of hydrogen-bond acceptors (Lipinski definition) is 2. The first-order chi connectivity index (χ1) is 10.8. The number of nitrogens with zero attached hydrogens (tertiary/aromatic N) is 1. The fourth-order valence-corrected chi connectivity index (χ4v) is 2.94. The number of benzene rings is 2. The Hall–Kier alpha value is -2.35. The second kappa shape index (κ2) is 6.61. The lowest BCUT2D eigenvalue weighted by molar-refractivity contribution is 0.0984. The van der Waals surface area contributed by atoms with Gasteiger partial charge in [0.05, 0.1) is 5.70 Å². The summed E-state index contributed by atoms with van der Waals surface area (Å²) >= 11 is 0. The van der Waals surface area contributed by atoms with Crippen molar-refractivity contribution in [1.82, 2.24) is 4.90 Å². The lowest BCUT2D eigenvalue weighted by atomic mass is 9.99. The predicted molar refractivity (Wildman–Crippen MR) is 90.8 cm³/mol. The van der Waals surface area contributed by atoms with Crippen LogP contribution in [0.3, 0.4) is 0 Å². The first-order valence-electron chi connectivity index (χ1n) is 7.90. The van der Waals surface area contributed by atoms with E-state index in [1.807, 2.05) is 42.5 Å². The van der Waals surface area contributed by atoms with Crippen molar-refractivity contribution in [2.24, 2.45) is 0 Å². The van der Waals surface area contributed by atoms with Crippen molar-refractivity contribution in [2.45, 2.75) is 19.3 Å². The minimum absolute atomic E-state index is 0.0414. The Labute approximate surface area is 132 Å². The number of ketones is 1. The third-order valence-electron chi connectivity index (χ3n) is 4.23. The summed E-state index contributed by atoms with van der Waals surface area (Å²) in [5.41, 5.74) is 3.54. The number of Topliss-reactive ketones (excluding diaryl/α,β-unsaturated/α-hetero) is 1. The molecule has 2 aromatic carbocycles. The number of carbonyl (C=O) groups excluding carboxylic acids is 1. The third-order valence-corrected chi connectivity index (χ3v) is 4.23. The van der Waals surface area contributed by atoms with Crippen LogP contribution in [0.4, 0.5) is 0 Å². The zero-order chi connectivity index (χ0) is 15.4. The van der Waals surface area contributed by atoms with E-state index in [4.69, 9.17) is 0 Å². The molecule has 1 aliphatic rings. The highest BCUT2D eigenvalue weighted by Gasteiger charge is 2.19. The van der Waals surface area contributed by atoms with E-state index < -0.39 is 0 Å². The fraction of sp³-hybridized carbons (Fsp3) is 0.250. The number of likely N-dealkylation sites (tertiary alicyclic amines) is 1. The van der Waals surface area contributed by atoms with Crippen molar-refractivity contribution >= 4 is 5.78 Å². The molecule has 0 radical (unpaired) electrons. The van der Waals surface area contributed by atoms with Crippen LogP contribution in [0.1, 0.15) is 29.6 Å². The first-order valence-corrected chi connectivity index (χ1v) is 7.90. The third kappa shape index (κ3) is 3.11. The molecule has 0 unspecified atom stereocenters. The minimum atomic E-state index is 0.0414. The van der Waals surface area contributed by atoms with Crippen LogP contribution in [-0.4, -0.2) is 23.8 Å². The molecule has 1 heterocycles. The second-order valence-electron chi connectivity index (χ2n) is 5.77. The number of hydrogen-bond donors (Lipinski definition) is 0. The molecule has 2 nitrogen and oxygen atoms in total. The van der Waals surface area contributed by atoms with Gasteiger partial charge in [-0.2, -0.15) is 0 Å². The average molecular weight is 291 g/mol. The fourth-order valence-electron chi connectivity index (χ4n) is 2.94. The summed E-state index contributed by atoms with van der Waals surface area (Å²) in [4.78, 5) is 14.8. The highest BCUT2D eigenvalue weighted by atomic mass is 16.1. The van der Waals surface area contributed by atoms with Crippen LogP contribution in [0.5, 0.6) is 0 Å². The lowest BCUT2D eigenvalue weighted by Gasteiger charge is -2.29. The van der Waals surface area contributed by atoms with Gasteiger partial charge in [-0.1, -0.05) is 55.1 Å². The Morgan fingerprint density at radius 3 is 2.27 bits per heavy atom. The average Bonchev–Trinajstić information content (AvgIpc) is 2.62. The highest BCUT2D eigenvalue weighted by molar-refractivity contribution is 6.08. The number of allylic oxidation sites excluding steroid dienone is 1. The van der Waals surface area contributed by atoms with E-state index >= 15 is 0 Å². The van der Waals surface area contributed by atoms with Crippen LogP contribution in [-0.2, 0) is 0 Å². The van der Waals surface area contributed by atoms with Crippen LogP contribution in [0, 0.1) is 0 Å². The number of rotatable bonds is 4. The van der Waals surface area contributed by atoms with Gasteiger partial charge < -0.3 is 4.90 Å². The van der Waals surface area contributed by atoms with Crippen molar-refractivity contribution < 1.29 is 4.79 Å². The minimum Gasteiger partial charge on any atom is -0.369 e. The molecule has 22 heavy (non-hydrogen) atoms. The lowest BCUT2D eigenvalue weighted by Crippen LogP contribution is -2.32. The largest absolute Gasteiger partial charge is 0.369 e. The Kier molecular flexibility index (Phi) is 4.38. The normalized spacial score (nSPS) is 14.6. The molecule has 0 atom stereocenters. The first kappa shape index (κ1) is 14.6. The highest BCUT2D eigenvalue weighted by Crippen LogP contribution is 2.23. The molecule has 0 aliphatic carbocycles. The maximum absolute atomic E-state index is 12.7. The van der Waals surface area contributed by atoms with Gasteiger partial charge in [0, 0.05) is 18.7 Å². The van der Waals surface area contributed by atoms with Gasteiger partial charge in [0.2, 0.25) is 5.78 Å². The molecule has 0 amide bonds. The van der Waals surface area contributed by atoms with Crippen molar-refractivity contribution in [3.8, 4) is 11.1 Å². The van der Waals surface area contributed by atoms with Crippen LogP contribution >= 0.6 is 0 Å². The Morgan fingerprint density at radius 1 is 0.864 bits per heavy atom. The smallest absolute Gasteiger partial charge is 0.208 e. The molecular formula is C20H21NO. The molecular weight excluding hydrogens is 270 g/mol. The van der Waals surface area contributed by atoms with E-state index in [1.54, 1.807) is 0 Å². The van der Waals surface area contributed by atoms with Crippen LogP contribution in [0.15, 0.2) is 66.9 Å². The second-order valence-corrected chi connectivity index (χ2v) is 5.77. The monoisotopic (exact) mass is 291 g/mol. The Bertz CT molecular complexity index is 669. The quantitative estimate of drug-likeness (QED) is 0.609. The summed E-state index contributed by atoms with van der Waals surface area (Å²) in [5.74, 6) is 0.0414. The summed E-state index contributed by atoms with van der Waals surface area (Å²) in [5, 5.41) is 0. The molecule has 0 aromatic heterocycles. The molecule has 112 valence electrons. The van der Waals surface area contributed by atoms with Gasteiger partial charge in [0.25, 0.3) is 0 Å². The van der Waals surface area contributed by atoms with Crippen LogP contribution in [0.2, 0.25) is 0 Å². The summed E-state index contributed by atoms with van der Waals surface area (Å²) < 4.78 is 0. The molecule has 0 bridgehead atoms. The maximum atomic E-state index is 12.7. The molecule has 1 saturated heterocycles. The van der Waals surface area contributed by atoms with Crippen molar-refractivity contribution in [2.75, 3.05) is 13.1 Å². The van der Waals surface area contributed by atoms with Gasteiger partial charge in [-0.05, 0) is 36.5 Å². The van der Waals surface area contributed by atoms with E-state index in [0.717, 1.165) is 42.6 Å². The molecule has 0 saturated carbocycles. The zero-order valence-electron chi connectivity index (χ0n) is 12.8. The summed E-state index contributed by atoms with van der Waals surface area (Å²) in [7, 11) is 0. The molecule has 3 rings (SSSR count). The van der Waals surface area contributed by atoms with E-state index in [-0.39, 0.29) is 5.78 Å². The van der Waals surface area contributed by atoms with E-state index in [2.05, 4.69) is 23.6 Å². The van der Waals surface area contributed by atoms with Gasteiger partial charge in [-0.15, -0.1) is 0 Å². The summed E-state index contributed by atoms with van der Waals surface area (Å²) in [6, 6.07) is 18.0. The van der Waals surface area contributed by atoms with Crippen molar-refractivity contribution in [3.63, 3.8) is 0 Å².